The van der Waals surface area contributed by atoms with Gasteiger partial charge in [0.25, 0.3) is 0 Å². The molecule has 0 amide bonds. The zero-order chi connectivity index (χ0) is 14.5. The maximum atomic E-state index is 9.89. The summed E-state index contributed by atoms with van der Waals surface area (Å²) >= 11 is 0. The fourth-order valence-electron chi connectivity index (χ4n) is 2.93. The Balaban J connectivity index is 2.14. The molecule has 1 heterocycles. The molecule has 4 nitrogen and oxygen atoms in total. The summed E-state index contributed by atoms with van der Waals surface area (Å²) in [5.41, 5.74) is 1.66. The predicted octanol–water partition coefficient (Wildman–Crippen LogP) is 2.30. The molecule has 20 heavy (non-hydrogen) atoms. The van der Waals surface area contributed by atoms with Crippen LogP contribution in [0.25, 0.3) is 0 Å². The molecule has 2 atom stereocenters. The molecule has 0 aliphatic carbocycles. The molecule has 1 aromatic rings. The summed E-state index contributed by atoms with van der Waals surface area (Å²) in [6.45, 7) is 3.63. The van der Waals surface area contributed by atoms with E-state index in [1.54, 1.807) is 7.11 Å². The first kappa shape index (κ1) is 14.8. The van der Waals surface area contributed by atoms with Crippen LogP contribution in [0.3, 0.4) is 0 Å². The SMILES string of the molecule is COc1ccc(CN2CCCCC2C(C)O)cc1C#N. The van der Waals surface area contributed by atoms with Crippen molar-refractivity contribution in [3.8, 4) is 11.8 Å². The Morgan fingerprint density at radius 1 is 1.50 bits per heavy atom. The van der Waals surface area contributed by atoms with Crippen molar-refractivity contribution in [3.63, 3.8) is 0 Å². The molecule has 1 saturated heterocycles. The number of hydrogen-bond acceptors (Lipinski definition) is 4. The maximum absolute atomic E-state index is 9.89. The minimum absolute atomic E-state index is 0.219. The monoisotopic (exact) mass is 274 g/mol. The van der Waals surface area contributed by atoms with Crippen molar-refractivity contribution in [2.75, 3.05) is 13.7 Å². The molecule has 1 N–H and O–H groups in total. The van der Waals surface area contributed by atoms with E-state index in [1.165, 1.54) is 12.8 Å². The van der Waals surface area contributed by atoms with E-state index < -0.39 is 0 Å². The number of nitrogens with zero attached hydrogens (tertiary/aromatic N) is 2. The van der Waals surface area contributed by atoms with E-state index >= 15 is 0 Å². The Morgan fingerprint density at radius 2 is 2.30 bits per heavy atom. The molecule has 0 radical (unpaired) electrons. The lowest BCUT2D eigenvalue weighted by Gasteiger charge is -2.37. The number of aliphatic hydroxyl groups is 1. The quantitative estimate of drug-likeness (QED) is 0.915. The molecule has 1 aliphatic heterocycles. The molecule has 1 aliphatic rings. The Hall–Kier alpha value is -1.57. The second-order valence-corrected chi connectivity index (χ2v) is 5.42. The minimum atomic E-state index is -0.316. The van der Waals surface area contributed by atoms with Gasteiger partial charge in [-0.05, 0) is 44.0 Å². The van der Waals surface area contributed by atoms with Gasteiger partial charge in [0.2, 0.25) is 0 Å². The van der Waals surface area contributed by atoms with Crippen LogP contribution in [-0.2, 0) is 6.54 Å². The van der Waals surface area contributed by atoms with Crippen molar-refractivity contribution in [1.29, 1.82) is 5.26 Å². The van der Waals surface area contributed by atoms with Gasteiger partial charge < -0.3 is 9.84 Å². The van der Waals surface area contributed by atoms with E-state index in [2.05, 4.69) is 11.0 Å². The number of benzene rings is 1. The van der Waals surface area contributed by atoms with E-state index in [0.29, 0.717) is 11.3 Å². The van der Waals surface area contributed by atoms with Crippen LogP contribution >= 0.6 is 0 Å². The zero-order valence-corrected chi connectivity index (χ0v) is 12.2. The molecule has 2 unspecified atom stereocenters. The number of piperidine rings is 1. The van der Waals surface area contributed by atoms with Crippen LogP contribution in [0.1, 0.15) is 37.3 Å². The van der Waals surface area contributed by atoms with Gasteiger partial charge in [-0.3, -0.25) is 4.90 Å². The lowest BCUT2D eigenvalue weighted by Crippen LogP contribution is -2.45. The highest BCUT2D eigenvalue weighted by atomic mass is 16.5. The number of hydrogen-bond donors (Lipinski definition) is 1. The van der Waals surface area contributed by atoms with E-state index in [4.69, 9.17) is 10.00 Å². The second kappa shape index (κ2) is 6.74. The Morgan fingerprint density at radius 3 is 2.95 bits per heavy atom. The zero-order valence-electron chi connectivity index (χ0n) is 12.2. The van der Waals surface area contributed by atoms with Crippen molar-refractivity contribution in [2.45, 2.75) is 44.9 Å². The summed E-state index contributed by atoms with van der Waals surface area (Å²) in [6, 6.07) is 8.10. The van der Waals surface area contributed by atoms with Gasteiger partial charge in [-0.25, -0.2) is 0 Å². The van der Waals surface area contributed by atoms with Crippen LogP contribution in [0.2, 0.25) is 0 Å². The highest BCUT2D eigenvalue weighted by Gasteiger charge is 2.26. The fraction of sp³-hybridized carbons (Fsp3) is 0.562. The van der Waals surface area contributed by atoms with Gasteiger partial charge in [-0.2, -0.15) is 5.26 Å². The van der Waals surface area contributed by atoms with Crippen molar-refractivity contribution in [3.05, 3.63) is 29.3 Å². The van der Waals surface area contributed by atoms with E-state index in [0.717, 1.165) is 25.1 Å². The molecule has 0 bridgehead atoms. The predicted molar refractivity (Wildman–Crippen MR) is 77.4 cm³/mol. The van der Waals surface area contributed by atoms with Crippen LogP contribution in [0, 0.1) is 11.3 Å². The third-order valence-corrected chi connectivity index (χ3v) is 3.99. The van der Waals surface area contributed by atoms with Crippen LogP contribution in [0.4, 0.5) is 0 Å². The van der Waals surface area contributed by atoms with E-state index in [-0.39, 0.29) is 12.1 Å². The Bertz CT molecular complexity index is 494. The average molecular weight is 274 g/mol. The summed E-state index contributed by atoms with van der Waals surface area (Å²) in [6.07, 6.45) is 3.07. The number of rotatable bonds is 4. The van der Waals surface area contributed by atoms with Crippen LogP contribution in [-0.4, -0.2) is 35.8 Å². The first-order valence-corrected chi connectivity index (χ1v) is 7.15. The lowest BCUT2D eigenvalue weighted by atomic mass is 9.97. The number of ether oxygens (including phenoxy) is 1. The number of nitriles is 1. The largest absolute Gasteiger partial charge is 0.495 e. The molecule has 2 rings (SSSR count). The highest BCUT2D eigenvalue weighted by molar-refractivity contribution is 5.45. The molecule has 0 saturated carbocycles. The molecule has 108 valence electrons. The van der Waals surface area contributed by atoms with Gasteiger partial charge in [0.1, 0.15) is 11.8 Å². The average Bonchev–Trinajstić information content (AvgIpc) is 2.47. The molecule has 0 aromatic heterocycles. The molecular weight excluding hydrogens is 252 g/mol. The van der Waals surface area contributed by atoms with Crippen LogP contribution < -0.4 is 4.74 Å². The van der Waals surface area contributed by atoms with Crippen LogP contribution in [0.15, 0.2) is 18.2 Å². The standard InChI is InChI=1S/C16H22N2O2/c1-12(19)15-5-3-4-8-18(15)11-13-6-7-16(20-2)14(9-13)10-17/h6-7,9,12,15,19H,3-5,8,11H2,1-2H3. The minimum Gasteiger partial charge on any atom is -0.495 e. The summed E-state index contributed by atoms with van der Waals surface area (Å²) < 4.78 is 5.16. The van der Waals surface area contributed by atoms with Crippen molar-refractivity contribution < 1.29 is 9.84 Å². The Kier molecular flexibility index (Phi) is 4.99. The molecule has 1 fully saturated rings. The lowest BCUT2D eigenvalue weighted by molar-refractivity contribution is 0.0316. The second-order valence-electron chi connectivity index (χ2n) is 5.42. The van der Waals surface area contributed by atoms with Gasteiger partial charge in [0.05, 0.1) is 18.8 Å². The number of likely N-dealkylation sites (tertiary alicyclic amines) is 1. The van der Waals surface area contributed by atoms with Crippen molar-refractivity contribution >= 4 is 0 Å². The van der Waals surface area contributed by atoms with Gasteiger partial charge in [-0.15, -0.1) is 0 Å². The van der Waals surface area contributed by atoms with Crippen molar-refractivity contribution in [1.82, 2.24) is 4.90 Å². The van der Waals surface area contributed by atoms with Crippen LogP contribution in [0.5, 0.6) is 5.75 Å². The Labute approximate surface area is 120 Å². The molecule has 0 spiro atoms. The topological polar surface area (TPSA) is 56.5 Å². The molecule has 4 heteroatoms. The first-order valence-electron chi connectivity index (χ1n) is 7.15. The summed E-state index contributed by atoms with van der Waals surface area (Å²) in [5, 5.41) is 19.0. The fourth-order valence-corrected chi connectivity index (χ4v) is 2.93. The van der Waals surface area contributed by atoms with Gasteiger partial charge >= 0.3 is 0 Å². The summed E-state index contributed by atoms with van der Waals surface area (Å²) in [4.78, 5) is 2.32. The summed E-state index contributed by atoms with van der Waals surface area (Å²) in [5.74, 6) is 0.613. The molecule has 1 aromatic carbocycles. The van der Waals surface area contributed by atoms with Gasteiger partial charge in [0.15, 0.2) is 0 Å². The number of aliphatic hydroxyl groups excluding tert-OH is 1. The molecular formula is C16H22N2O2. The first-order chi connectivity index (χ1) is 9.65. The van der Waals surface area contributed by atoms with Crippen molar-refractivity contribution in [2.24, 2.45) is 0 Å². The normalized spacial score (nSPS) is 21.2. The highest BCUT2D eigenvalue weighted by Crippen LogP contribution is 2.24. The maximum Gasteiger partial charge on any atom is 0.136 e. The summed E-state index contributed by atoms with van der Waals surface area (Å²) in [7, 11) is 1.57. The smallest absolute Gasteiger partial charge is 0.136 e. The third-order valence-electron chi connectivity index (χ3n) is 3.99. The van der Waals surface area contributed by atoms with Gasteiger partial charge in [-0.1, -0.05) is 12.5 Å². The van der Waals surface area contributed by atoms with E-state index in [1.807, 2.05) is 25.1 Å². The van der Waals surface area contributed by atoms with E-state index in [9.17, 15) is 5.11 Å². The third kappa shape index (κ3) is 3.30. The number of methoxy groups -OCH3 is 1. The van der Waals surface area contributed by atoms with Gasteiger partial charge in [0, 0.05) is 12.6 Å².